The third kappa shape index (κ3) is 4.05. The van der Waals surface area contributed by atoms with Gasteiger partial charge in [0.15, 0.2) is 0 Å². The zero-order valence-corrected chi connectivity index (χ0v) is 17.7. The fraction of sp³-hybridized carbons (Fsp3) is 0.333. The Morgan fingerprint density at radius 1 is 1.16 bits per heavy atom. The summed E-state index contributed by atoms with van der Waals surface area (Å²) in [6.07, 6.45) is 2.97. The highest BCUT2D eigenvalue weighted by molar-refractivity contribution is 6.07. The first-order chi connectivity index (χ1) is 14.9. The molecule has 7 heteroatoms. The molecule has 2 amide bonds. The molecule has 1 aliphatic rings. The molecule has 4 rings (SSSR count). The van der Waals surface area contributed by atoms with E-state index in [1.807, 2.05) is 17.0 Å². The number of carbonyl (C=O) groups excluding carboxylic acids is 2. The van der Waals surface area contributed by atoms with E-state index in [0.717, 1.165) is 5.56 Å². The van der Waals surface area contributed by atoms with Gasteiger partial charge >= 0.3 is 0 Å². The van der Waals surface area contributed by atoms with Crippen LogP contribution in [0.1, 0.15) is 46.0 Å². The van der Waals surface area contributed by atoms with E-state index in [9.17, 15) is 14.0 Å². The molecule has 0 bridgehead atoms. The van der Waals surface area contributed by atoms with Gasteiger partial charge in [-0.05, 0) is 49.6 Å². The monoisotopic (exact) mass is 423 g/mol. The predicted octanol–water partition coefficient (Wildman–Crippen LogP) is 3.88. The molecular formula is C24H26FN3O3. The summed E-state index contributed by atoms with van der Waals surface area (Å²) in [6.45, 7) is 3.54. The third-order valence-corrected chi connectivity index (χ3v) is 6.14. The van der Waals surface area contributed by atoms with Gasteiger partial charge < -0.3 is 19.9 Å². The average Bonchev–Trinajstić information content (AvgIpc) is 3.23. The van der Waals surface area contributed by atoms with Crippen LogP contribution in [0.5, 0.6) is 0 Å². The van der Waals surface area contributed by atoms with Gasteiger partial charge in [0.25, 0.3) is 11.8 Å². The first kappa shape index (κ1) is 21.1. The third-order valence-electron chi connectivity index (χ3n) is 6.14. The quantitative estimate of drug-likeness (QED) is 0.654. The number of H-pyrrole nitrogens is 1. The maximum absolute atomic E-state index is 14.6. The molecule has 1 aromatic heterocycles. The number of halogens is 1. The molecule has 2 aromatic carbocycles. The number of hydrogen-bond donors (Lipinski definition) is 2. The summed E-state index contributed by atoms with van der Waals surface area (Å²) in [5, 5.41) is 2.91. The summed E-state index contributed by atoms with van der Waals surface area (Å²) in [6, 6.07) is 11.9. The van der Waals surface area contributed by atoms with Crippen LogP contribution in [0, 0.1) is 5.82 Å². The predicted molar refractivity (Wildman–Crippen MR) is 116 cm³/mol. The number of rotatable bonds is 5. The number of benzene rings is 2. The molecule has 6 nitrogen and oxygen atoms in total. The van der Waals surface area contributed by atoms with Crippen LogP contribution in [-0.4, -0.2) is 47.5 Å². The van der Waals surface area contributed by atoms with Crippen molar-refractivity contribution in [3.8, 4) is 0 Å². The minimum atomic E-state index is -0.427. The Hall–Kier alpha value is -3.19. The minimum absolute atomic E-state index is 0.162. The molecule has 0 atom stereocenters. The van der Waals surface area contributed by atoms with Crippen LogP contribution in [0.2, 0.25) is 0 Å². The van der Waals surface area contributed by atoms with Gasteiger partial charge in [0.05, 0.1) is 5.56 Å². The number of fused-ring (bicyclic) bond motifs is 1. The van der Waals surface area contributed by atoms with Crippen LogP contribution in [-0.2, 0) is 11.3 Å². The van der Waals surface area contributed by atoms with Crippen LogP contribution in [0.25, 0.3) is 10.9 Å². The van der Waals surface area contributed by atoms with E-state index >= 15 is 0 Å². The fourth-order valence-corrected chi connectivity index (χ4v) is 4.13. The standard InChI is InChI=1S/C24H26FN3O3/c1-24(10-12-31-13-11-24)28(15-16-6-8-17(9-7-16)22(29)26-2)23(30)18-14-27-20-5-3-4-19(25)21(18)20/h3-9,14,27H,10-13,15H2,1-2H3,(H,26,29). The van der Waals surface area contributed by atoms with Gasteiger partial charge in [-0.1, -0.05) is 18.2 Å². The number of aromatic amines is 1. The smallest absolute Gasteiger partial charge is 0.256 e. The van der Waals surface area contributed by atoms with Crippen molar-refractivity contribution in [2.45, 2.75) is 31.8 Å². The maximum Gasteiger partial charge on any atom is 0.256 e. The Morgan fingerprint density at radius 3 is 2.55 bits per heavy atom. The molecule has 2 heterocycles. The highest BCUT2D eigenvalue weighted by atomic mass is 19.1. The molecule has 0 radical (unpaired) electrons. The van der Waals surface area contributed by atoms with Gasteiger partial charge in [-0.25, -0.2) is 4.39 Å². The van der Waals surface area contributed by atoms with Crippen molar-refractivity contribution in [2.24, 2.45) is 0 Å². The summed E-state index contributed by atoms with van der Waals surface area (Å²) in [7, 11) is 1.59. The Balaban J connectivity index is 1.70. The molecular weight excluding hydrogens is 397 g/mol. The van der Waals surface area contributed by atoms with Gasteiger partial charge in [-0.2, -0.15) is 0 Å². The number of amides is 2. The number of hydrogen-bond acceptors (Lipinski definition) is 3. The lowest BCUT2D eigenvalue weighted by Crippen LogP contribution is -2.52. The van der Waals surface area contributed by atoms with Gasteiger partial charge in [0.2, 0.25) is 0 Å². The molecule has 31 heavy (non-hydrogen) atoms. The number of ether oxygens (including phenoxy) is 1. The van der Waals surface area contributed by atoms with E-state index in [1.54, 1.807) is 37.5 Å². The van der Waals surface area contributed by atoms with Crippen molar-refractivity contribution in [3.63, 3.8) is 0 Å². The number of aromatic nitrogens is 1. The zero-order chi connectivity index (χ0) is 22.0. The van der Waals surface area contributed by atoms with Gasteiger partial charge in [-0.15, -0.1) is 0 Å². The van der Waals surface area contributed by atoms with Crippen molar-refractivity contribution in [2.75, 3.05) is 20.3 Å². The number of carbonyl (C=O) groups is 2. The largest absolute Gasteiger partial charge is 0.381 e. The second kappa shape index (κ2) is 8.51. The molecule has 1 fully saturated rings. The summed E-state index contributed by atoms with van der Waals surface area (Å²) < 4.78 is 20.1. The van der Waals surface area contributed by atoms with Crippen LogP contribution in [0.4, 0.5) is 4.39 Å². The number of nitrogens with one attached hydrogen (secondary N) is 2. The lowest BCUT2D eigenvalue weighted by Gasteiger charge is -2.44. The van der Waals surface area contributed by atoms with Crippen LogP contribution in [0.15, 0.2) is 48.7 Å². The molecule has 2 N–H and O–H groups in total. The summed E-state index contributed by atoms with van der Waals surface area (Å²) >= 11 is 0. The van der Waals surface area contributed by atoms with Crippen molar-refractivity contribution in [1.29, 1.82) is 0 Å². The Bertz CT molecular complexity index is 1100. The van der Waals surface area contributed by atoms with Gasteiger partial charge in [0.1, 0.15) is 5.82 Å². The van der Waals surface area contributed by atoms with E-state index in [2.05, 4.69) is 17.2 Å². The van der Waals surface area contributed by atoms with Crippen molar-refractivity contribution >= 4 is 22.7 Å². The normalized spacial score (nSPS) is 15.6. The second-order valence-corrected chi connectivity index (χ2v) is 8.14. The molecule has 1 saturated heterocycles. The van der Waals surface area contributed by atoms with Crippen LogP contribution < -0.4 is 5.32 Å². The highest BCUT2D eigenvalue weighted by Crippen LogP contribution is 2.33. The Morgan fingerprint density at radius 2 is 1.87 bits per heavy atom. The first-order valence-electron chi connectivity index (χ1n) is 10.4. The molecule has 0 saturated carbocycles. The fourth-order valence-electron chi connectivity index (χ4n) is 4.13. The lowest BCUT2D eigenvalue weighted by molar-refractivity contribution is -0.0145. The van der Waals surface area contributed by atoms with E-state index in [1.165, 1.54) is 6.07 Å². The van der Waals surface area contributed by atoms with Crippen LogP contribution in [0.3, 0.4) is 0 Å². The molecule has 162 valence electrons. The Kier molecular flexibility index (Phi) is 5.78. The molecule has 3 aromatic rings. The van der Waals surface area contributed by atoms with E-state index < -0.39 is 11.4 Å². The zero-order valence-electron chi connectivity index (χ0n) is 17.7. The van der Waals surface area contributed by atoms with Crippen molar-refractivity contribution < 1.29 is 18.7 Å². The number of nitrogens with zero attached hydrogens (tertiary/aromatic N) is 1. The van der Waals surface area contributed by atoms with Crippen molar-refractivity contribution in [1.82, 2.24) is 15.2 Å². The minimum Gasteiger partial charge on any atom is -0.381 e. The SMILES string of the molecule is CNC(=O)c1ccc(CN(C(=O)c2c[nH]c3cccc(F)c23)C2(C)CCOCC2)cc1. The summed E-state index contributed by atoms with van der Waals surface area (Å²) in [4.78, 5) is 30.4. The van der Waals surface area contributed by atoms with E-state index in [0.29, 0.717) is 54.6 Å². The summed E-state index contributed by atoms with van der Waals surface area (Å²) in [5.41, 5.74) is 1.94. The Labute approximate surface area is 180 Å². The van der Waals surface area contributed by atoms with Gasteiger partial charge in [-0.3, -0.25) is 9.59 Å². The van der Waals surface area contributed by atoms with Crippen molar-refractivity contribution in [3.05, 3.63) is 71.2 Å². The maximum atomic E-state index is 14.6. The van der Waals surface area contributed by atoms with Crippen LogP contribution >= 0.6 is 0 Å². The first-order valence-corrected chi connectivity index (χ1v) is 10.4. The molecule has 1 aliphatic heterocycles. The van der Waals surface area contributed by atoms with Gasteiger partial charge in [0, 0.05) is 55.0 Å². The molecule has 0 unspecified atom stereocenters. The lowest BCUT2D eigenvalue weighted by atomic mass is 9.89. The van der Waals surface area contributed by atoms with E-state index in [-0.39, 0.29) is 11.8 Å². The molecule has 0 aliphatic carbocycles. The second-order valence-electron chi connectivity index (χ2n) is 8.14. The summed E-state index contributed by atoms with van der Waals surface area (Å²) in [5.74, 6) is -0.810. The van der Waals surface area contributed by atoms with E-state index in [4.69, 9.17) is 4.74 Å². The average molecular weight is 423 g/mol. The molecule has 0 spiro atoms. The topological polar surface area (TPSA) is 74.4 Å². The highest BCUT2D eigenvalue weighted by Gasteiger charge is 2.38.